The van der Waals surface area contributed by atoms with E-state index in [2.05, 4.69) is 33.6 Å². The molecule has 0 spiro atoms. The van der Waals surface area contributed by atoms with Crippen LogP contribution in [0.5, 0.6) is 0 Å². The Morgan fingerprint density at radius 1 is 1.14 bits per heavy atom. The first kappa shape index (κ1) is 14.1. The minimum absolute atomic E-state index is 0.0472. The molecule has 5 heteroatoms. The molecule has 108 valence electrons. The number of nitrogens with zero attached hydrogens (tertiary/aromatic N) is 2. The maximum Gasteiger partial charge on any atom is 0.0958 e. The number of nitrogens with one attached hydrogen (secondary N) is 1. The number of hydrazine groups is 1. The van der Waals surface area contributed by atoms with E-state index in [4.69, 9.17) is 5.84 Å². The van der Waals surface area contributed by atoms with E-state index in [9.17, 15) is 0 Å². The van der Waals surface area contributed by atoms with Gasteiger partial charge in [-0.05, 0) is 43.7 Å². The highest BCUT2D eigenvalue weighted by Gasteiger charge is 2.14. The molecule has 0 aliphatic heterocycles. The SMILES string of the molecule is Cc1cc(C(Cc2nc3ccccc3s2)NN)cc(C)n1. The summed E-state index contributed by atoms with van der Waals surface area (Å²) in [6.45, 7) is 4.00. The van der Waals surface area contributed by atoms with Crippen LogP contribution < -0.4 is 11.3 Å². The van der Waals surface area contributed by atoms with Gasteiger partial charge in [0.2, 0.25) is 0 Å². The van der Waals surface area contributed by atoms with Crippen LogP contribution >= 0.6 is 11.3 Å². The highest BCUT2D eigenvalue weighted by atomic mass is 32.1. The molecule has 0 fully saturated rings. The van der Waals surface area contributed by atoms with E-state index in [0.717, 1.165) is 33.9 Å². The second-order valence-electron chi connectivity index (χ2n) is 5.18. The third kappa shape index (κ3) is 3.10. The summed E-state index contributed by atoms with van der Waals surface area (Å²) in [6.07, 6.45) is 0.777. The first-order valence-electron chi connectivity index (χ1n) is 6.91. The van der Waals surface area contributed by atoms with Crippen LogP contribution in [0.1, 0.15) is 28.0 Å². The largest absolute Gasteiger partial charge is 0.271 e. The van der Waals surface area contributed by atoms with Crippen LogP contribution in [0.15, 0.2) is 36.4 Å². The molecule has 2 aromatic heterocycles. The van der Waals surface area contributed by atoms with Crippen molar-refractivity contribution in [3.8, 4) is 0 Å². The number of benzene rings is 1. The molecule has 0 aliphatic rings. The van der Waals surface area contributed by atoms with Crippen LogP contribution in [-0.2, 0) is 6.42 Å². The lowest BCUT2D eigenvalue weighted by molar-refractivity contribution is 0.549. The fraction of sp³-hybridized carbons (Fsp3) is 0.250. The Kier molecular flexibility index (Phi) is 3.96. The van der Waals surface area contributed by atoms with E-state index in [-0.39, 0.29) is 6.04 Å². The molecule has 3 aromatic rings. The maximum atomic E-state index is 5.75. The van der Waals surface area contributed by atoms with Gasteiger partial charge in [0, 0.05) is 17.8 Å². The third-order valence-electron chi connectivity index (χ3n) is 3.42. The molecule has 3 rings (SSSR count). The zero-order valence-corrected chi connectivity index (χ0v) is 12.9. The Morgan fingerprint density at radius 3 is 2.52 bits per heavy atom. The topological polar surface area (TPSA) is 63.8 Å². The average Bonchev–Trinajstić information content (AvgIpc) is 2.86. The summed E-state index contributed by atoms with van der Waals surface area (Å²) >= 11 is 1.72. The molecule has 1 unspecified atom stereocenters. The highest BCUT2D eigenvalue weighted by molar-refractivity contribution is 7.18. The van der Waals surface area contributed by atoms with Gasteiger partial charge in [0.15, 0.2) is 0 Å². The summed E-state index contributed by atoms with van der Waals surface area (Å²) in [6, 6.07) is 12.4. The van der Waals surface area contributed by atoms with Gasteiger partial charge in [0.1, 0.15) is 0 Å². The summed E-state index contributed by atoms with van der Waals surface area (Å²) in [4.78, 5) is 9.09. The minimum Gasteiger partial charge on any atom is -0.271 e. The molecular weight excluding hydrogens is 280 g/mol. The van der Waals surface area contributed by atoms with E-state index in [0.29, 0.717) is 0 Å². The van der Waals surface area contributed by atoms with E-state index < -0.39 is 0 Å². The standard InChI is InChI=1S/C16H18N4S/c1-10-7-12(8-11(2)18-10)14(20-17)9-16-19-13-5-3-4-6-15(13)21-16/h3-8,14,20H,9,17H2,1-2H3. The molecule has 0 aliphatic carbocycles. The second kappa shape index (κ2) is 5.89. The molecule has 2 heterocycles. The van der Waals surface area contributed by atoms with Crippen molar-refractivity contribution in [1.82, 2.24) is 15.4 Å². The van der Waals surface area contributed by atoms with Crippen molar-refractivity contribution in [2.45, 2.75) is 26.3 Å². The normalized spacial score (nSPS) is 12.7. The van der Waals surface area contributed by atoms with Gasteiger partial charge in [-0.2, -0.15) is 0 Å². The molecule has 0 amide bonds. The monoisotopic (exact) mass is 298 g/mol. The van der Waals surface area contributed by atoms with Crippen LogP contribution in [0.25, 0.3) is 10.2 Å². The number of rotatable bonds is 4. The van der Waals surface area contributed by atoms with Gasteiger partial charge in [0.25, 0.3) is 0 Å². The number of para-hydroxylation sites is 1. The maximum absolute atomic E-state index is 5.75. The number of thiazole rings is 1. The van der Waals surface area contributed by atoms with Gasteiger partial charge in [0.05, 0.1) is 21.3 Å². The van der Waals surface area contributed by atoms with E-state index in [1.807, 2.05) is 32.0 Å². The molecule has 0 saturated heterocycles. The Hall–Kier alpha value is -1.82. The number of nitrogens with two attached hydrogens (primary N) is 1. The number of aromatic nitrogens is 2. The van der Waals surface area contributed by atoms with Gasteiger partial charge in [-0.3, -0.25) is 16.3 Å². The lowest BCUT2D eigenvalue weighted by Gasteiger charge is -2.16. The Labute approximate surface area is 128 Å². The second-order valence-corrected chi connectivity index (χ2v) is 6.30. The van der Waals surface area contributed by atoms with E-state index in [1.54, 1.807) is 11.3 Å². The van der Waals surface area contributed by atoms with Crippen molar-refractivity contribution in [3.63, 3.8) is 0 Å². The smallest absolute Gasteiger partial charge is 0.0958 e. The van der Waals surface area contributed by atoms with Crippen molar-refractivity contribution >= 4 is 21.6 Å². The first-order chi connectivity index (χ1) is 10.2. The molecule has 1 aromatic carbocycles. The molecular formula is C16H18N4S. The zero-order valence-electron chi connectivity index (χ0n) is 12.1. The van der Waals surface area contributed by atoms with Gasteiger partial charge in [-0.1, -0.05) is 12.1 Å². The predicted molar refractivity (Wildman–Crippen MR) is 87.1 cm³/mol. The van der Waals surface area contributed by atoms with Crippen molar-refractivity contribution in [1.29, 1.82) is 0 Å². The van der Waals surface area contributed by atoms with Gasteiger partial charge in [-0.25, -0.2) is 4.98 Å². The lowest BCUT2D eigenvalue weighted by atomic mass is 10.0. The summed E-state index contributed by atoms with van der Waals surface area (Å²) in [5.74, 6) is 5.75. The summed E-state index contributed by atoms with van der Waals surface area (Å²) < 4.78 is 1.21. The van der Waals surface area contributed by atoms with Crippen LogP contribution in [-0.4, -0.2) is 9.97 Å². The fourth-order valence-corrected chi connectivity index (χ4v) is 3.54. The van der Waals surface area contributed by atoms with Crippen molar-refractivity contribution in [2.24, 2.45) is 5.84 Å². The number of hydrogen-bond donors (Lipinski definition) is 2. The minimum atomic E-state index is 0.0472. The summed E-state index contributed by atoms with van der Waals surface area (Å²) in [5, 5.41) is 1.09. The Bertz CT molecular complexity index is 713. The molecule has 0 saturated carbocycles. The molecule has 4 nitrogen and oxygen atoms in total. The van der Waals surface area contributed by atoms with Gasteiger partial charge < -0.3 is 0 Å². The number of aryl methyl sites for hydroxylation is 2. The Balaban J connectivity index is 1.89. The molecule has 3 N–H and O–H groups in total. The first-order valence-corrected chi connectivity index (χ1v) is 7.73. The predicted octanol–water partition coefficient (Wildman–Crippen LogP) is 3.06. The molecule has 0 radical (unpaired) electrons. The van der Waals surface area contributed by atoms with Crippen LogP contribution in [0, 0.1) is 13.8 Å². The third-order valence-corrected chi connectivity index (χ3v) is 4.48. The summed E-state index contributed by atoms with van der Waals surface area (Å²) in [5.41, 5.74) is 7.13. The molecule has 1 atom stereocenters. The van der Waals surface area contributed by atoms with Gasteiger partial charge in [-0.15, -0.1) is 11.3 Å². The summed E-state index contributed by atoms with van der Waals surface area (Å²) in [7, 11) is 0. The average molecular weight is 298 g/mol. The Morgan fingerprint density at radius 2 is 1.86 bits per heavy atom. The molecule has 0 bridgehead atoms. The van der Waals surface area contributed by atoms with Crippen molar-refractivity contribution in [3.05, 3.63) is 58.4 Å². The lowest BCUT2D eigenvalue weighted by Crippen LogP contribution is -2.29. The van der Waals surface area contributed by atoms with Crippen LogP contribution in [0.3, 0.4) is 0 Å². The van der Waals surface area contributed by atoms with Gasteiger partial charge >= 0.3 is 0 Å². The van der Waals surface area contributed by atoms with Crippen molar-refractivity contribution in [2.75, 3.05) is 0 Å². The quantitative estimate of drug-likeness (QED) is 0.574. The fourth-order valence-electron chi connectivity index (χ4n) is 2.52. The van der Waals surface area contributed by atoms with Crippen LogP contribution in [0.4, 0.5) is 0 Å². The number of hydrogen-bond acceptors (Lipinski definition) is 5. The van der Waals surface area contributed by atoms with Crippen molar-refractivity contribution < 1.29 is 0 Å². The van der Waals surface area contributed by atoms with E-state index in [1.165, 1.54) is 4.70 Å². The van der Waals surface area contributed by atoms with E-state index >= 15 is 0 Å². The number of pyridine rings is 1. The van der Waals surface area contributed by atoms with Crippen LogP contribution in [0.2, 0.25) is 0 Å². The highest BCUT2D eigenvalue weighted by Crippen LogP contribution is 2.26. The number of fused-ring (bicyclic) bond motifs is 1. The zero-order chi connectivity index (χ0) is 14.8. The molecule has 21 heavy (non-hydrogen) atoms.